The first-order valence-corrected chi connectivity index (χ1v) is 11.4. The first-order chi connectivity index (χ1) is 15.4. The molecule has 0 aliphatic carbocycles. The molecule has 0 radical (unpaired) electrons. The average Bonchev–Trinajstić information content (AvgIpc) is 3.41. The summed E-state index contributed by atoms with van der Waals surface area (Å²) in [6, 6.07) is 9.51. The maximum atomic E-state index is 13.2. The Morgan fingerprint density at radius 2 is 2.09 bits per heavy atom. The standard InChI is InChI=1S/C24H29N5O3/c1-15(2)23(31)28-11-9-17-19(14-28)25-22-12-18(26-29(22)24(17)32)20-7-5-10-27(20)13-16-6-3-4-8-21(16)30/h3-4,6,8,12,15,20,26,30H,5,7,9-11,13-14H2,1-2H3/t20-/m1/s1. The lowest BCUT2D eigenvalue weighted by Crippen LogP contribution is -2.41. The molecule has 1 fully saturated rings. The van der Waals surface area contributed by atoms with Gasteiger partial charge in [-0.2, -0.15) is 0 Å². The molecule has 1 saturated heterocycles. The number of fused-ring (bicyclic) bond motifs is 2. The van der Waals surface area contributed by atoms with E-state index in [4.69, 9.17) is 4.98 Å². The van der Waals surface area contributed by atoms with Gasteiger partial charge >= 0.3 is 0 Å². The van der Waals surface area contributed by atoms with Crippen molar-refractivity contribution in [2.75, 3.05) is 13.1 Å². The highest BCUT2D eigenvalue weighted by atomic mass is 16.3. The zero-order valence-electron chi connectivity index (χ0n) is 18.5. The van der Waals surface area contributed by atoms with E-state index in [1.807, 2.05) is 38.1 Å². The maximum Gasteiger partial charge on any atom is 0.276 e. The van der Waals surface area contributed by atoms with Crippen LogP contribution in [0, 0.1) is 5.92 Å². The number of hydrogen-bond acceptors (Lipinski definition) is 5. The predicted octanol–water partition coefficient (Wildman–Crippen LogP) is 2.61. The maximum absolute atomic E-state index is 13.2. The Bertz CT molecular complexity index is 1230. The van der Waals surface area contributed by atoms with Crippen molar-refractivity contribution in [2.24, 2.45) is 5.92 Å². The van der Waals surface area contributed by atoms with Crippen molar-refractivity contribution in [3.8, 4) is 5.75 Å². The number of nitrogens with one attached hydrogen (secondary N) is 1. The van der Waals surface area contributed by atoms with Crippen LogP contribution in [0.4, 0.5) is 0 Å². The Balaban J connectivity index is 1.45. The quantitative estimate of drug-likeness (QED) is 0.657. The number of nitrogens with zero attached hydrogens (tertiary/aromatic N) is 4. The van der Waals surface area contributed by atoms with E-state index in [9.17, 15) is 14.7 Å². The van der Waals surface area contributed by atoms with Gasteiger partial charge in [-0.25, -0.2) is 9.50 Å². The van der Waals surface area contributed by atoms with Crippen LogP contribution in [0.1, 0.15) is 55.2 Å². The summed E-state index contributed by atoms with van der Waals surface area (Å²) in [5.74, 6) is 0.330. The Kier molecular flexibility index (Phi) is 5.25. The van der Waals surface area contributed by atoms with Gasteiger partial charge in [-0.15, -0.1) is 0 Å². The number of H-pyrrole nitrogens is 1. The normalized spacial score (nSPS) is 19.1. The van der Waals surface area contributed by atoms with Gasteiger partial charge < -0.3 is 10.0 Å². The van der Waals surface area contributed by atoms with Gasteiger partial charge in [0.2, 0.25) is 5.91 Å². The van der Waals surface area contributed by atoms with Crippen LogP contribution in [0.25, 0.3) is 5.65 Å². The lowest BCUT2D eigenvalue weighted by molar-refractivity contribution is -0.135. The van der Waals surface area contributed by atoms with E-state index in [-0.39, 0.29) is 23.4 Å². The summed E-state index contributed by atoms with van der Waals surface area (Å²) in [6.07, 6.45) is 2.56. The van der Waals surface area contributed by atoms with Gasteiger partial charge in [-0.3, -0.25) is 19.6 Å². The van der Waals surface area contributed by atoms with E-state index < -0.39 is 0 Å². The molecular formula is C24H29N5O3. The Morgan fingerprint density at radius 1 is 1.28 bits per heavy atom. The zero-order valence-corrected chi connectivity index (χ0v) is 18.5. The van der Waals surface area contributed by atoms with Gasteiger partial charge in [0.1, 0.15) is 5.75 Å². The van der Waals surface area contributed by atoms with Crippen molar-refractivity contribution in [2.45, 2.75) is 52.2 Å². The Hall–Kier alpha value is -3.13. The molecule has 0 bridgehead atoms. The molecule has 32 heavy (non-hydrogen) atoms. The van der Waals surface area contributed by atoms with Crippen LogP contribution in [0.15, 0.2) is 35.1 Å². The molecule has 0 unspecified atom stereocenters. The fourth-order valence-corrected chi connectivity index (χ4v) is 4.97. The molecule has 1 amide bonds. The molecule has 168 valence electrons. The molecule has 8 nitrogen and oxygen atoms in total. The van der Waals surface area contributed by atoms with E-state index in [2.05, 4.69) is 10.00 Å². The van der Waals surface area contributed by atoms with Gasteiger partial charge in [-0.05, 0) is 31.9 Å². The van der Waals surface area contributed by atoms with Crippen LogP contribution in [-0.2, 0) is 24.3 Å². The highest BCUT2D eigenvalue weighted by Gasteiger charge is 2.30. The third-order valence-corrected chi connectivity index (χ3v) is 6.68. The molecule has 2 aliphatic heterocycles. The highest BCUT2D eigenvalue weighted by molar-refractivity contribution is 5.78. The molecule has 2 aliphatic rings. The molecule has 4 heterocycles. The first-order valence-electron chi connectivity index (χ1n) is 11.4. The minimum Gasteiger partial charge on any atom is -0.508 e. The SMILES string of the molecule is CC(C)C(=O)N1CCc2c(nc3cc([C@H]4CCCN4Cc4ccccc4O)[nH]n3c2=O)C1. The van der Waals surface area contributed by atoms with E-state index >= 15 is 0 Å². The number of phenolic OH excluding ortho intramolecular Hbond substituents is 1. The van der Waals surface area contributed by atoms with Gasteiger partial charge in [0, 0.05) is 36.2 Å². The number of hydrogen-bond donors (Lipinski definition) is 2. The second-order valence-corrected chi connectivity index (χ2v) is 9.17. The second kappa shape index (κ2) is 8.09. The molecule has 1 aromatic carbocycles. The van der Waals surface area contributed by atoms with Crippen LogP contribution in [0.2, 0.25) is 0 Å². The Labute approximate surface area is 186 Å². The molecule has 0 saturated carbocycles. The molecule has 0 spiro atoms. The minimum atomic E-state index is -0.0716. The van der Waals surface area contributed by atoms with Crippen LogP contribution < -0.4 is 5.56 Å². The molecule has 2 aromatic heterocycles. The van der Waals surface area contributed by atoms with Gasteiger partial charge in [-0.1, -0.05) is 32.0 Å². The summed E-state index contributed by atoms with van der Waals surface area (Å²) < 4.78 is 1.55. The summed E-state index contributed by atoms with van der Waals surface area (Å²) in [5.41, 5.74) is 3.78. The lowest BCUT2D eigenvalue weighted by atomic mass is 10.0. The molecule has 5 rings (SSSR count). The number of aromatic nitrogens is 3. The molecule has 3 aromatic rings. The van der Waals surface area contributed by atoms with Crippen LogP contribution in [0.3, 0.4) is 0 Å². The summed E-state index contributed by atoms with van der Waals surface area (Å²) in [4.78, 5) is 34.5. The number of phenols is 1. The second-order valence-electron chi connectivity index (χ2n) is 9.17. The number of benzene rings is 1. The first kappa shape index (κ1) is 20.8. The number of carbonyl (C=O) groups is 1. The monoisotopic (exact) mass is 435 g/mol. The van der Waals surface area contributed by atoms with Crippen molar-refractivity contribution in [3.05, 3.63) is 63.2 Å². The topological polar surface area (TPSA) is 93.9 Å². The smallest absolute Gasteiger partial charge is 0.276 e. The van der Waals surface area contributed by atoms with Crippen molar-refractivity contribution >= 4 is 11.6 Å². The van der Waals surface area contributed by atoms with Gasteiger partial charge in [0.25, 0.3) is 5.56 Å². The predicted molar refractivity (Wildman–Crippen MR) is 120 cm³/mol. The van der Waals surface area contributed by atoms with E-state index in [1.54, 1.807) is 15.5 Å². The number of aromatic amines is 1. The van der Waals surface area contributed by atoms with E-state index in [1.165, 1.54) is 0 Å². The van der Waals surface area contributed by atoms with Crippen molar-refractivity contribution in [3.63, 3.8) is 0 Å². The fraction of sp³-hybridized carbons (Fsp3) is 0.458. The third kappa shape index (κ3) is 3.58. The molecule has 2 N–H and O–H groups in total. The lowest BCUT2D eigenvalue weighted by Gasteiger charge is -2.29. The molecule has 1 atom stereocenters. The van der Waals surface area contributed by atoms with E-state index in [0.29, 0.717) is 48.7 Å². The number of rotatable bonds is 4. The number of carbonyl (C=O) groups excluding carboxylic acids is 1. The summed E-state index contributed by atoms with van der Waals surface area (Å²) in [5, 5.41) is 13.5. The minimum absolute atomic E-state index is 0.0712. The number of likely N-dealkylation sites (tertiary alicyclic amines) is 1. The number of aromatic hydroxyl groups is 1. The third-order valence-electron chi connectivity index (χ3n) is 6.68. The number of para-hydroxylation sites is 1. The van der Waals surface area contributed by atoms with Crippen molar-refractivity contribution in [1.82, 2.24) is 24.4 Å². The van der Waals surface area contributed by atoms with E-state index in [0.717, 1.165) is 30.6 Å². The van der Waals surface area contributed by atoms with Crippen molar-refractivity contribution < 1.29 is 9.90 Å². The van der Waals surface area contributed by atoms with Crippen LogP contribution in [0.5, 0.6) is 5.75 Å². The highest BCUT2D eigenvalue weighted by Crippen LogP contribution is 2.34. The van der Waals surface area contributed by atoms with Crippen LogP contribution in [-0.4, -0.2) is 48.5 Å². The average molecular weight is 436 g/mol. The fourth-order valence-electron chi connectivity index (χ4n) is 4.97. The zero-order chi connectivity index (χ0) is 22.4. The largest absolute Gasteiger partial charge is 0.508 e. The van der Waals surface area contributed by atoms with Gasteiger partial charge in [0.15, 0.2) is 5.65 Å². The molecular weight excluding hydrogens is 406 g/mol. The Morgan fingerprint density at radius 3 is 2.88 bits per heavy atom. The summed E-state index contributed by atoms with van der Waals surface area (Å²) in [7, 11) is 0. The van der Waals surface area contributed by atoms with Crippen LogP contribution >= 0.6 is 0 Å². The van der Waals surface area contributed by atoms with Crippen molar-refractivity contribution in [1.29, 1.82) is 0 Å². The summed E-state index contributed by atoms with van der Waals surface area (Å²) in [6.45, 7) is 6.31. The van der Waals surface area contributed by atoms with Gasteiger partial charge in [0.05, 0.1) is 24.0 Å². The molecule has 8 heteroatoms. The summed E-state index contributed by atoms with van der Waals surface area (Å²) >= 11 is 0. The number of amides is 1.